The maximum atomic E-state index is 12.8. The molecule has 0 aliphatic carbocycles. The second kappa shape index (κ2) is 9.46. The molecule has 0 N–H and O–H groups in total. The van der Waals surface area contributed by atoms with Crippen molar-refractivity contribution in [1.82, 2.24) is 9.88 Å². The van der Waals surface area contributed by atoms with Crippen molar-refractivity contribution in [2.24, 2.45) is 0 Å². The van der Waals surface area contributed by atoms with Crippen molar-refractivity contribution in [3.63, 3.8) is 0 Å². The molecule has 0 atom stereocenters. The van der Waals surface area contributed by atoms with E-state index >= 15 is 0 Å². The fourth-order valence-corrected chi connectivity index (χ4v) is 3.40. The van der Waals surface area contributed by atoms with Crippen molar-refractivity contribution < 1.29 is 40.7 Å². The second-order valence-corrected chi connectivity index (χ2v) is 7.46. The first-order valence-corrected chi connectivity index (χ1v) is 9.84. The summed E-state index contributed by atoms with van der Waals surface area (Å²) in [6, 6.07) is 4.41. The predicted molar refractivity (Wildman–Crippen MR) is 105 cm³/mol. The van der Waals surface area contributed by atoms with Gasteiger partial charge in [-0.15, -0.1) is 0 Å². The first-order chi connectivity index (χ1) is 15.4. The van der Waals surface area contributed by atoms with Gasteiger partial charge in [-0.05, 0) is 24.3 Å². The van der Waals surface area contributed by atoms with E-state index in [4.69, 9.17) is 16.3 Å². The Morgan fingerprint density at radius 2 is 1.61 bits per heavy atom. The second-order valence-electron chi connectivity index (χ2n) is 7.05. The Bertz CT molecular complexity index is 1040. The van der Waals surface area contributed by atoms with E-state index in [-0.39, 0.29) is 42.6 Å². The fraction of sp³-hybridized carbons (Fsp3) is 0.350. The maximum Gasteiger partial charge on any atom is 0.417 e. The Morgan fingerprint density at radius 3 is 2.18 bits per heavy atom. The van der Waals surface area contributed by atoms with Gasteiger partial charge in [0.25, 0.3) is 5.91 Å². The van der Waals surface area contributed by atoms with Crippen molar-refractivity contribution >= 4 is 29.3 Å². The van der Waals surface area contributed by atoms with Crippen molar-refractivity contribution in [1.29, 1.82) is 0 Å². The predicted octanol–water partition coefficient (Wildman–Crippen LogP) is 4.28. The summed E-state index contributed by atoms with van der Waals surface area (Å²) in [6.45, 7) is 0.0586. The van der Waals surface area contributed by atoms with Crippen LogP contribution in [0, 0.1) is 0 Å². The number of alkyl halides is 6. The molecular formula is C20H16ClF6N3O3. The number of carbonyl (C=O) groups excluding carboxylic acids is 2. The van der Waals surface area contributed by atoms with Gasteiger partial charge in [0.2, 0.25) is 0 Å². The van der Waals surface area contributed by atoms with Crippen LogP contribution in [-0.4, -0.2) is 54.5 Å². The smallest absolute Gasteiger partial charge is 0.417 e. The number of hydrogen-bond donors (Lipinski definition) is 0. The summed E-state index contributed by atoms with van der Waals surface area (Å²) in [5.74, 6) is -1.50. The highest BCUT2D eigenvalue weighted by Gasteiger charge is 2.33. The molecule has 2 heterocycles. The molecule has 0 bridgehead atoms. The van der Waals surface area contributed by atoms with Gasteiger partial charge < -0.3 is 14.5 Å². The molecule has 1 aliphatic heterocycles. The van der Waals surface area contributed by atoms with E-state index in [2.05, 4.69) is 4.98 Å². The molecule has 0 spiro atoms. The van der Waals surface area contributed by atoms with Gasteiger partial charge in [0.05, 0.1) is 21.7 Å². The van der Waals surface area contributed by atoms with Gasteiger partial charge in [-0.2, -0.15) is 26.3 Å². The quantitative estimate of drug-likeness (QED) is 0.468. The minimum absolute atomic E-state index is 0.146. The lowest BCUT2D eigenvalue weighted by molar-refractivity contribution is -0.138. The molecule has 0 saturated carbocycles. The summed E-state index contributed by atoms with van der Waals surface area (Å²) in [4.78, 5) is 31.1. The minimum Gasteiger partial charge on any atom is -0.452 e. The Balaban J connectivity index is 1.53. The zero-order valence-electron chi connectivity index (χ0n) is 16.7. The first kappa shape index (κ1) is 24.6. The summed E-state index contributed by atoms with van der Waals surface area (Å²) in [6.07, 6.45) is -8.53. The van der Waals surface area contributed by atoms with Crippen molar-refractivity contribution in [3.05, 3.63) is 58.2 Å². The van der Waals surface area contributed by atoms with E-state index in [1.807, 2.05) is 0 Å². The molecule has 1 aromatic carbocycles. The number of ether oxygens (including phenoxy) is 1. The summed E-state index contributed by atoms with van der Waals surface area (Å²) >= 11 is 5.94. The summed E-state index contributed by atoms with van der Waals surface area (Å²) in [5, 5.41) is -0.181. The molecule has 3 rings (SSSR count). The number of piperazine rings is 1. The van der Waals surface area contributed by atoms with Crippen LogP contribution in [0.5, 0.6) is 0 Å². The highest BCUT2D eigenvalue weighted by Crippen LogP contribution is 2.34. The number of nitrogens with zero attached hydrogens (tertiary/aromatic N) is 3. The van der Waals surface area contributed by atoms with E-state index in [1.54, 1.807) is 4.90 Å². The molecule has 33 heavy (non-hydrogen) atoms. The molecule has 1 amide bonds. The number of hydrogen-bond acceptors (Lipinski definition) is 5. The minimum atomic E-state index is -4.63. The first-order valence-electron chi connectivity index (χ1n) is 9.46. The summed E-state index contributed by atoms with van der Waals surface area (Å²) in [5.41, 5.74) is -2.34. The number of halogens is 7. The van der Waals surface area contributed by atoms with Crippen LogP contribution in [0.15, 0.2) is 36.5 Å². The number of esters is 1. The van der Waals surface area contributed by atoms with Gasteiger partial charge in [0.1, 0.15) is 5.82 Å². The van der Waals surface area contributed by atoms with E-state index < -0.39 is 42.0 Å². The zero-order valence-corrected chi connectivity index (χ0v) is 17.5. The fourth-order valence-electron chi connectivity index (χ4n) is 3.11. The molecule has 178 valence electrons. The molecule has 0 radical (unpaired) electrons. The van der Waals surface area contributed by atoms with Crippen LogP contribution in [0.25, 0.3) is 0 Å². The Hall–Kier alpha value is -3.02. The molecule has 1 aromatic heterocycles. The van der Waals surface area contributed by atoms with Crippen molar-refractivity contribution in [2.45, 2.75) is 12.4 Å². The standard InChI is InChI=1S/C20H16ClF6N3O3/c21-15-9-14(20(25,26)27)10-28-17(15)30-6-4-29(5-7-30)16(31)11-33-18(32)12-2-1-3-13(8-12)19(22,23)24/h1-3,8-10H,4-7,11H2. The molecule has 0 unspecified atom stereocenters. The summed E-state index contributed by atoms with van der Waals surface area (Å²) in [7, 11) is 0. The van der Waals surface area contributed by atoms with Crippen LogP contribution in [0.4, 0.5) is 32.2 Å². The number of anilines is 1. The Kier molecular flexibility index (Phi) is 7.06. The van der Waals surface area contributed by atoms with Crippen molar-refractivity contribution in [2.75, 3.05) is 37.7 Å². The summed E-state index contributed by atoms with van der Waals surface area (Å²) < 4.78 is 81.4. The normalized spacial score (nSPS) is 14.9. The van der Waals surface area contributed by atoms with Crippen LogP contribution in [-0.2, 0) is 21.9 Å². The SMILES string of the molecule is O=C(OCC(=O)N1CCN(c2ncc(C(F)(F)F)cc2Cl)CC1)c1cccc(C(F)(F)F)c1. The third kappa shape index (κ3) is 6.06. The molecule has 1 fully saturated rings. The number of aromatic nitrogens is 1. The zero-order chi connectivity index (χ0) is 24.4. The van der Waals surface area contributed by atoms with Gasteiger partial charge >= 0.3 is 18.3 Å². The lowest BCUT2D eigenvalue weighted by Gasteiger charge is -2.35. The Labute approximate surface area is 188 Å². The van der Waals surface area contributed by atoms with Gasteiger partial charge in [-0.1, -0.05) is 17.7 Å². The number of pyridine rings is 1. The lowest BCUT2D eigenvalue weighted by atomic mass is 10.1. The lowest BCUT2D eigenvalue weighted by Crippen LogP contribution is -2.50. The molecule has 1 saturated heterocycles. The number of rotatable bonds is 4. The van der Waals surface area contributed by atoms with Gasteiger partial charge in [-0.25, -0.2) is 9.78 Å². The molecule has 1 aliphatic rings. The van der Waals surface area contributed by atoms with E-state index in [9.17, 15) is 35.9 Å². The molecule has 13 heteroatoms. The monoisotopic (exact) mass is 495 g/mol. The van der Waals surface area contributed by atoms with Crippen molar-refractivity contribution in [3.8, 4) is 0 Å². The van der Waals surface area contributed by atoms with Crippen LogP contribution >= 0.6 is 11.6 Å². The molecule has 6 nitrogen and oxygen atoms in total. The van der Waals surface area contributed by atoms with Crippen LogP contribution in [0.3, 0.4) is 0 Å². The van der Waals surface area contributed by atoms with E-state index in [0.717, 1.165) is 24.3 Å². The topological polar surface area (TPSA) is 62.7 Å². The van der Waals surface area contributed by atoms with E-state index in [1.165, 1.54) is 4.90 Å². The van der Waals surface area contributed by atoms with Gasteiger partial charge in [0, 0.05) is 32.4 Å². The van der Waals surface area contributed by atoms with E-state index in [0.29, 0.717) is 12.3 Å². The number of amides is 1. The van der Waals surface area contributed by atoms with Crippen LogP contribution < -0.4 is 4.90 Å². The highest BCUT2D eigenvalue weighted by molar-refractivity contribution is 6.33. The number of benzene rings is 1. The average Bonchev–Trinajstić information content (AvgIpc) is 2.76. The molecule has 2 aromatic rings. The van der Waals surface area contributed by atoms with Crippen LogP contribution in [0.1, 0.15) is 21.5 Å². The number of carbonyl (C=O) groups is 2. The largest absolute Gasteiger partial charge is 0.452 e. The highest BCUT2D eigenvalue weighted by atomic mass is 35.5. The molecular weight excluding hydrogens is 480 g/mol. The Morgan fingerprint density at radius 1 is 0.970 bits per heavy atom. The van der Waals surface area contributed by atoms with Crippen LogP contribution in [0.2, 0.25) is 5.02 Å². The average molecular weight is 496 g/mol. The third-order valence-electron chi connectivity index (χ3n) is 4.83. The van der Waals surface area contributed by atoms with Gasteiger partial charge in [0.15, 0.2) is 6.61 Å². The van der Waals surface area contributed by atoms with Gasteiger partial charge in [-0.3, -0.25) is 4.79 Å². The third-order valence-corrected chi connectivity index (χ3v) is 5.11. The maximum absolute atomic E-state index is 12.8.